The molecule has 3 rings (SSSR count). The van der Waals surface area contributed by atoms with Crippen molar-refractivity contribution in [3.63, 3.8) is 0 Å². The van der Waals surface area contributed by atoms with E-state index in [0.717, 1.165) is 5.56 Å². The van der Waals surface area contributed by atoms with Crippen molar-refractivity contribution in [1.82, 2.24) is 14.7 Å². The van der Waals surface area contributed by atoms with Gasteiger partial charge in [-0.15, -0.1) is 0 Å². The summed E-state index contributed by atoms with van der Waals surface area (Å²) in [7, 11) is -3.76. The summed E-state index contributed by atoms with van der Waals surface area (Å²) in [5.74, 6) is -0.470. The van der Waals surface area contributed by atoms with Crippen molar-refractivity contribution < 1.29 is 12.8 Å². The standard InChI is InChI=1S/C16H16FN5O3S/c17-12-3-1-10(5-8-20-26(18,24)25)9-14(12)21-13-6-7-19-16-11(13)2-4-15(23)22-16/h1-4,6-7,9,20H,5,8H2,(H2,18,24,25)(H2,19,21,22,23). The number of aromatic amines is 1. The van der Waals surface area contributed by atoms with Crippen molar-refractivity contribution in [3.8, 4) is 0 Å². The Hall–Kier alpha value is -2.82. The number of anilines is 2. The molecule has 0 saturated carbocycles. The first-order chi connectivity index (χ1) is 12.3. The molecule has 0 amide bonds. The van der Waals surface area contributed by atoms with E-state index in [0.29, 0.717) is 23.1 Å². The lowest BCUT2D eigenvalue weighted by Gasteiger charge is -2.12. The molecule has 0 saturated heterocycles. The number of aromatic nitrogens is 2. The minimum Gasteiger partial charge on any atom is -0.352 e. The lowest BCUT2D eigenvalue weighted by Crippen LogP contribution is -2.32. The van der Waals surface area contributed by atoms with Gasteiger partial charge in [0.25, 0.3) is 10.2 Å². The van der Waals surface area contributed by atoms with Crippen LogP contribution in [0.5, 0.6) is 0 Å². The molecule has 8 nitrogen and oxygen atoms in total. The molecule has 10 heteroatoms. The van der Waals surface area contributed by atoms with Crippen molar-refractivity contribution in [2.45, 2.75) is 6.42 Å². The zero-order chi connectivity index (χ0) is 18.7. The molecule has 2 heterocycles. The summed E-state index contributed by atoms with van der Waals surface area (Å²) >= 11 is 0. The Balaban J connectivity index is 1.86. The maximum Gasteiger partial charge on any atom is 0.274 e. The first-order valence-corrected chi connectivity index (χ1v) is 9.17. The third kappa shape index (κ3) is 4.42. The molecule has 5 N–H and O–H groups in total. The number of nitrogens with two attached hydrogens (primary N) is 1. The molecular weight excluding hydrogens is 361 g/mol. The molecule has 0 aliphatic carbocycles. The van der Waals surface area contributed by atoms with Crippen LogP contribution in [0.15, 0.2) is 47.4 Å². The zero-order valence-electron chi connectivity index (χ0n) is 13.5. The van der Waals surface area contributed by atoms with Gasteiger partial charge in [-0.3, -0.25) is 4.79 Å². The van der Waals surface area contributed by atoms with Crippen molar-refractivity contribution in [1.29, 1.82) is 0 Å². The van der Waals surface area contributed by atoms with Crippen LogP contribution in [0.2, 0.25) is 0 Å². The normalized spacial score (nSPS) is 11.6. The molecule has 0 spiro atoms. The van der Waals surface area contributed by atoms with Crippen LogP contribution in [-0.4, -0.2) is 24.9 Å². The number of H-pyrrole nitrogens is 1. The largest absolute Gasteiger partial charge is 0.352 e. The van der Waals surface area contributed by atoms with Gasteiger partial charge in [-0.25, -0.2) is 19.2 Å². The summed E-state index contributed by atoms with van der Waals surface area (Å²) in [6.45, 7) is 0.101. The maximum absolute atomic E-state index is 14.2. The van der Waals surface area contributed by atoms with E-state index in [1.165, 1.54) is 18.3 Å². The van der Waals surface area contributed by atoms with Crippen LogP contribution in [0.1, 0.15) is 5.56 Å². The Kier molecular flexibility index (Phi) is 4.98. The number of benzene rings is 1. The minimum absolute atomic E-state index is 0.101. The average Bonchev–Trinajstić information content (AvgIpc) is 2.56. The monoisotopic (exact) mass is 377 g/mol. The van der Waals surface area contributed by atoms with Gasteiger partial charge in [-0.2, -0.15) is 8.42 Å². The Bertz CT molecular complexity index is 1110. The predicted octanol–water partition coefficient (Wildman–Crippen LogP) is 1.14. The van der Waals surface area contributed by atoms with Crippen LogP contribution in [0.3, 0.4) is 0 Å². The van der Waals surface area contributed by atoms with Gasteiger partial charge in [-0.05, 0) is 36.2 Å². The van der Waals surface area contributed by atoms with E-state index in [9.17, 15) is 17.6 Å². The van der Waals surface area contributed by atoms with E-state index >= 15 is 0 Å². The number of pyridine rings is 2. The van der Waals surface area contributed by atoms with Gasteiger partial charge in [0.05, 0.1) is 11.4 Å². The Morgan fingerprint density at radius 2 is 1.96 bits per heavy atom. The molecule has 0 aliphatic rings. The molecule has 3 aromatic rings. The van der Waals surface area contributed by atoms with Crippen LogP contribution >= 0.6 is 0 Å². The average molecular weight is 377 g/mol. The lowest BCUT2D eigenvalue weighted by atomic mass is 10.1. The van der Waals surface area contributed by atoms with Crippen molar-refractivity contribution in [3.05, 3.63) is 64.3 Å². The quantitative estimate of drug-likeness (QED) is 0.512. The van der Waals surface area contributed by atoms with Gasteiger partial charge < -0.3 is 10.3 Å². The summed E-state index contributed by atoms with van der Waals surface area (Å²) in [4.78, 5) is 18.1. The minimum atomic E-state index is -3.76. The Labute approximate surface area is 148 Å². The van der Waals surface area contributed by atoms with Crippen LogP contribution < -0.4 is 20.7 Å². The first kappa shape index (κ1) is 18.0. The molecule has 2 aromatic heterocycles. The number of hydrogen-bond acceptors (Lipinski definition) is 5. The van der Waals surface area contributed by atoms with Crippen LogP contribution in [0.4, 0.5) is 15.8 Å². The molecule has 0 radical (unpaired) electrons. The summed E-state index contributed by atoms with van der Waals surface area (Å²) in [6.07, 6.45) is 1.84. The van der Waals surface area contributed by atoms with Crippen LogP contribution in [-0.2, 0) is 16.6 Å². The lowest BCUT2D eigenvalue weighted by molar-refractivity contribution is 0.583. The van der Waals surface area contributed by atoms with Gasteiger partial charge in [0.15, 0.2) is 0 Å². The highest BCUT2D eigenvalue weighted by Gasteiger charge is 2.08. The van der Waals surface area contributed by atoms with Gasteiger partial charge in [0.1, 0.15) is 11.5 Å². The van der Waals surface area contributed by atoms with Crippen molar-refractivity contribution in [2.75, 3.05) is 11.9 Å². The van der Waals surface area contributed by atoms with E-state index in [1.54, 1.807) is 24.3 Å². The van der Waals surface area contributed by atoms with E-state index < -0.39 is 16.0 Å². The molecular formula is C16H16FN5O3S. The fraction of sp³-hybridized carbons (Fsp3) is 0.125. The summed E-state index contributed by atoms with van der Waals surface area (Å²) < 4.78 is 38.1. The molecule has 26 heavy (non-hydrogen) atoms. The van der Waals surface area contributed by atoms with E-state index in [1.807, 2.05) is 0 Å². The third-order valence-corrected chi connectivity index (χ3v) is 4.26. The van der Waals surface area contributed by atoms with Gasteiger partial charge in [0.2, 0.25) is 5.56 Å². The number of halogens is 1. The van der Waals surface area contributed by atoms with Crippen LogP contribution in [0.25, 0.3) is 11.0 Å². The van der Waals surface area contributed by atoms with Crippen molar-refractivity contribution in [2.24, 2.45) is 5.14 Å². The second kappa shape index (κ2) is 7.20. The first-order valence-electron chi connectivity index (χ1n) is 7.63. The second-order valence-corrected chi connectivity index (χ2v) is 6.95. The highest BCUT2D eigenvalue weighted by atomic mass is 32.2. The molecule has 0 atom stereocenters. The van der Waals surface area contributed by atoms with Gasteiger partial charge in [-0.1, -0.05) is 6.07 Å². The molecule has 136 valence electrons. The number of nitrogens with one attached hydrogen (secondary N) is 3. The Morgan fingerprint density at radius 1 is 1.15 bits per heavy atom. The highest BCUT2D eigenvalue weighted by Crippen LogP contribution is 2.26. The smallest absolute Gasteiger partial charge is 0.274 e. The summed E-state index contributed by atoms with van der Waals surface area (Å²) in [5, 5.41) is 8.49. The summed E-state index contributed by atoms with van der Waals surface area (Å²) in [6, 6.07) is 9.06. The summed E-state index contributed by atoms with van der Waals surface area (Å²) in [5.41, 5.74) is 1.62. The molecule has 0 aliphatic heterocycles. The SMILES string of the molecule is NS(=O)(=O)NCCc1ccc(F)c(Nc2ccnc3[nH]c(=O)ccc23)c1. The Morgan fingerprint density at radius 3 is 2.73 bits per heavy atom. The number of nitrogens with zero attached hydrogens (tertiary/aromatic N) is 1. The van der Waals surface area contributed by atoms with E-state index in [-0.39, 0.29) is 17.8 Å². The highest BCUT2D eigenvalue weighted by molar-refractivity contribution is 7.87. The number of fused-ring (bicyclic) bond motifs is 1. The fourth-order valence-corrected chi connectivity index (χ4v) is 2.86. The van der Waals surface area contributed by atoms with Crippen molar-refractivity contribution >= 4 is 32.6 Å². The predicted molar refractivity (Wildman–Crippen MR) is 96.9 cm³/mol. The zero-order valence-corrected chi connectivity index (χ0v) is 14.3. The topological polar surface area (TPSA) is 130 Å². The third-order valence-electron chi connectivity index (χ3n) is 3.65. The van der Waals surface area contributed by atoms with Gasteiger partial charge in [0, 0.05) is 24.2 Å². The fourth-order valence-electron chi connectivity index (χ4n) is 2.47. The second-order valence-electron chi connectivity index (χ2n) is 5.57. The number of hydrogen-bond donors (Lipinski definition) is 4. The molecule has 0 bridgehead atoms. The molecule has 1 aromatic carbocycles. The van der Waals surface area contributed by atoms with E-state index in [4.69, 9.17) is 5.14 Å². The van der Waals surface area contributed by atoms with Crippen LogP contribution in [0, 0.1) is 5.82 Å². The maximum atomic E-state index is 14.2. The van der Waals surface area contributed by atoms with E-state index in [2.05, 4.69) is 20.0 Å². The molecule has 0 fully saturated rings. The molecule has 0 unspecified atom stereocenters. The van der Waals surface area contributed by atoms with Gasteiger partial charge >= 0.3 is 0 Å². The number of rotatable bonds is 6.